The van der Waals surface area contributed by atoms with Crippen LogP contribution in [0.25, 0.3) is 0 Å². The Balaban J connectivity index is 1.70. The second-order valence-corrected chi connectivity index (χ2v) is 5.97. The van der Waals surface area contributed by atoms with Crippen molar-refractivity contribution in [2.75, 3.05) is 13.1 Å². The van der Waals surface area contributed by atoms with Crippen molar-refractivity contribution in [2.24, 2.45) is 5.92 Å². The molecule has 2 rings (SSSR count). The predicted molar refractivity (Wildman–Crippen MR) is 69.7 cm³/mol. The number of rotatable bonds is 5. The molecule has 0 aromatic carbocycles. The summed E-state index contributed by atoms with van der Waals surface area (Å²) in [5.41, 5.74) is 0. The molecule has 0 amide bonds. The highest BCUT2D eigenvalue weighted by Gasteiger charge is 2.29. The monoisotopic (exact) mass is 224 g/mol. The van der Waals surface area contributed by atoms with Gasteiger partial charge in [-0.05, 0) is 58.9 Å². The van der Waals surface area contributed by atoms with Crippen LogP contribution in [0.3, 0.4) is 0 Å². The maximum Gasteiger partial charge on any atom is 0.0195 e. The van der Waals surface area contributed by atoms with Gasteiger partial charge in [0.25, 0.3) is 0 Å². The lowest BCUT2D eigenvalue weighted by molar-refractivity contribution is 0.111. The van der Waals surface area contributed by atoms with E-state index in [1.54, 1.807) is 0 Å². The van der Waals surface area contributed by atoms with Crippen LogP contribution in [-0.4, -0.2) is 36.1 Å². The minimum atomic E-state index is 0.705. The minimum absolute atomic E-state index is 0.705. The number of hydrogen-bond acceptors (Lipinski definition) is 2. The molecule has 1 aliphatic heterocycles. The van der Waals surface area contributed by atoms with E-state index in [0.29, 0.717) is 6.04 Å². The zero-order valence-electron chi connectivity index (χ0n) is 11.2. The number of hydrogen-bond donors (Lipinski definition) is 1. The Kier molecular flexibility index (Phi) is 4.26. The first-order valence-electron chi connectivity index (χ1n) is 7.17. The van der Waals surface area contributed by atoms with Gasteiger partial charge in [-0.3, -0.25) is 4.90 Å². The summed E-state index contributed by atoms with van der Waals surface area (Å²) in [4.78, 5) is 2.69. The molecule has 94 valence electrons. The van der Waals surface area contributed by atoms with Crippen LogP contribution in [0.5, 0.6) is 0 Å². The van der Waals surface area contributed by atoms with Gasteiger partial charge in [0.1, 0.15) is 0 Å². The normalized spacial score (nSPS) is 31.3. The second kappa shape index (κ2) is 5.50. The highest BCUT2D eigenvalue weighted by molar-refractivity contribution is 4.85. The first-order valence-corrected chi connectivity index (χ1v) is 7.17. The Labute approximate surface area is 101 Å². The van der Waals surface area contributed by atoms with E-state index in [2.05, 4.69) is 31.0 Å². The Bertz CT molecular complexity index is 213. The average Bonchev–Trinajstić information content (AvgIpc) is 3.10. The summed E-state index contributed by atoms with van der Waals surface area (Å²) < 4.78 is 0. The van der Waals surface area contributed by atoms with Crippen molar-refractivity contribution in [3.8, 4) is 0 Å². The molecule has 1 saturated carbocycles. The highest BCUT2D eigenvalue weighted by atomic mass is 15.2. The van der Waals surface area contributed by atoms with Crippen LogP contribution >= 0.6 is 0 Å². The van der Waals surface area contributed by atoms with Gasteiger partial charge < -0.3 is 5.32 Å². The van der Waals surface area contributed by atoms with Gasteiger partial charge in [0, 0.05) is 24.7 Å². The Morgan fingerprint density at radius 3 is 2.56 bits per heavy atom. The third kappa shape index (κ3) is 3.21. The number of nitrogens with one attached hydrogen (secondary N) is 1. The van der Waals surface area contributed by atoms with E-state index in [9.17, 15) is 0 Å². The van der Waals surface area contributed by atoms with Crippen LogP contribution in [0.2, 0.25) is 0 Å². The molecule has 1 saturated heterocycles. The van der Waals surface area contributed by atoms with Crippen LogP contribution < -0.4 is 5.32 Å². The molecule has 1 aliphatic carbocycles. The molecule has 3 atom stereocenters. The molecular formula is C14H28N2. The molecule has 1 N–H and O–H groups in total. The maximum absolute atomic E-state index is 3.72. The fourth-order valence-electron chi connectivity index (χ4n) is 3.01. The van der Waals surface area contributed by atoms with Crippen LogP contribution in [-0.2, 0) is 0 Å². The molecule has 16 heavy (non-hydrogen) atoms. The summed E-state index contributed by atoms with van der Waals surface area (Å²) in [5.74, 6) is 0.978. The second-order valence-electron chi connectivity index (χ2n) is 5.97. The van der Waals surface area contributed by atoms with Crippen LogP contribution in [0.1, 0.15) is 52.9 Å². The quantitative estimate of drug-likeness (QED) is 0.772. The van der Waals surface area contributed by atoms with Crippen molar-refractivity contribution in [3.63, 3.8) is 0 Å². The summed E-state index contributed by atoms with van der Waals surface area (Å²) in [7, 11) is 0. The summed E-state index contributed by atoms with van der Waals surface area (Å²) in [5, 5.41) is 3.72. The van der Waals surface area contributed by atoms with Crippen LogP contribution in [0.4, 0.5) is 0 Å². The topological polar surface area (TPSA) is 15.3 Å². The van der Waals surface area contributed by atoms with Gasteiger partial charge in [-0.2, -0.15) is 0 Å². The lowest BCUT2D eigenvalue weighted by Gasteiger charge is -2.38. The van der Waals surface area contributed by atoms with Crippen molar-refractivity contribution in [2.45, 2.75) is 71.0 Å². The summed E-state index contributed by atoms with van der Waals surface area (Å²) in [6.07, 6.45) is 7.11. The first-order chi connectivity index (χ1) is 7.68. The van der Waals surface area contributed by atoms with Crippen molar-refractivity contribution in [1.82, 2.24) is 10.2 Å². The van der Waals surface area contributed by atoms with Gasteiger partial charge >= 0.3 is 0 Å². The summed E-state index contributed by atoms with van der Waals surface area (Å²) in [6, 6.07) is 2.24. The van der Waals surface area contributed by atoms with Gasteiger partial charge in [-0.15, -0.1) is 0 Å². The molecule has 1 heterocycles. The van der Waals surface area contributed by atoms with E-state index in [1.165, 1.54) is 45.2 Å². The number of likely N-dealkylation sites (tertiary alicyclic amines) is 1. The van der Waals surface area contributed by atoms with Gasteiger partial charge in [0.05, 0.1) is 0 Å². The molecule has 2 fully saturated rings. The Hall–Kier alpha value is -0.0800. The molecule has 0 bridgehead atoms. The Morgan fingerprint density at radius 2 is 1.94 bits per heavy atom. The van der Waals surface area contributed by atoms with Crippen molar-refractivity contribution < 1.29 is 0 Å². The predicted octanol–water partition coefficient (Wildman–Crippen LogP) is 2.64. The molecule has 0 aromatic rings. The Morgan fingerprint density at radius 1 is 1.19 bits per heavy atom. The SMILES string of the molecule is CC(NCC(C)N1CCCCC1C)C1CC1. The van der Waals surface area contributed by atoms with Gasteiger partial charge in [-0.1, -0.05) is 6.42 Å². The fraction of sp³-hybridized carbons (Fsp3) is 1.00. The third-order valence-corrected chi connectivity index (χ3v) is 4.48. The van der Waals surface area contributed by atoms with E-state index in [4.69, 9.17) is 0 Å². The van der Waals surface area contributed by atoms with Gasteiger partial charge in [0.2, 0.25) is 0 Å². The van der Waals surface area contributed by atoms with Crippen molar-refractivity contribution in [3.05, 3.63) is 0 Å². The lowest BCUT2D eigenvalue weighted by atomic mass is 10.0. The molecule has 3 unspecified atom stereocenters. The smallest absolute Gasteiger partial charge is 0.0195 e. The van der Waals surface area contributed by atoms with E-state index in [1.807, 2.05) is 0 Å². The van der Waals surface area contributed by atoms with E-state index in [0.717, 1.165) is 18.0 Å². The lowest BCUT2D eigenvalue weighted by Crippen LogP contribution is -2.49. The van der Waals surface area contributed by atoms with E-state index >= 15 is 0 Å². The average molecular weight is 224 g/mol. The summed E-state index contributed by atoms with van der Waals surface area (Å²) >= 11 is 0. The largest absolute Gasteiger partial charge is 0.312 e. The fourth-order valence-corrected chi connectivity index (χ4v) is 3.01. The third-order valence-electron chi connectivity index (χ3n) is 4.48. The zero-order valence-corrected chi connectivity index (χ0v) is 11.2. The van der Waals surface area contributed by atoms with Crippen molar-refractivity contribution in [1.29, 1.82) is 0 Å². The molecule has 0 spiro atoms. The number of piperidine rings is 1. The minimum Gasteiger partial charge on any atom is -0.312 e. The highest BCUT2D eigenvalue weighted by Crippen LogP contribution is 2.32. The van der Waals surface area contributed by atoms with Crippen molar-refractivity contribution >= 4 is 0 Å². The van der Waals surface area contributed by atoms with E-state index in [-0.39, 0.29) is 0 Å². The van der Waals surface area contributed by atoms with Crippen LogP contribution in [0, 0.1) is 5.92 Å². The molecule has 2 aliphatic rings. The molecule has 0 radical (unpaired) electrons. The van der Waals surface area contributed by atoms with Gasteiger partial charge in [0.15, 0.2) is 0 Å². The number of nitrogens with zero attached hydrogens (tertiary/aromatic N) is 1. The zero-order chi connectivity index (χ0) is 11.5. The molecule has 2 heteroatoms. The maximum atomic E-state index is 3.72. The van der Waals surface area contributed by atoms with Gasteiger partial charge in [-0.25, -0.2) is 0 Å². The first kappa shape index (κ1) is 12.4. The molecule has 0 aromatic heterocycles. The standard InChI is InChI=1S/C14H28N2/c1-11-6-4-5-9-16(11)12(2)10-15-13(3)14-7-8-14/h11-15H,4-10H2,1-3H3. The molecule has 2 nitrogen and oxygen atoms in total. The van der Waals surface area contributed by atoms with E-state index < -0.39 is 0 Å². The van der Waals surface area contributed by atoms with Crippen LogP contribution in [0.15, 0.2) is 0 Å². The summed E-state index contributed by atoms with van der Waals surface area (Å²) in [6.45, 7) is 9.60. The molecular weight excluding hydrogens is 196 g/mol.